The van der Waals surface area contributed by atoms with Crippen LogP contribution in [0.15, 0.2) is 41.9 Å². The van der Waals surface area contributed by atoms with Crippen molar-refractivity contribution in [2.75, 3.05) is 19.6 Å². The van der Waals surface area contributed by atoms with Crippen LogP contribution in [-0.2, 0) is 6.42 Å². The molecule has 0 spiro atoms. The third kappa shape index (κ3) is 3.26. The van der Waals surface area contributed by atoms with Crippen molar-refractivity contribution in [3.8, 4) is 0 Å². The molecule has 2 unspecified atom stereocenters. The molecule has 1 fully saturated rings. The van der Waals surface area contributed by atoms with Gasteiger partial charge in [-0.3, -0.25) is 4.90 Å². The van der Waals surface area contributed by atoms with Crippen molar-refractivity contribution in [3.05, 3.63) is 52.5 Å². The van der Waals surface area contributed by atoms with Gasteiger partial charge in [0.1, 0.15) is 0 Å². The van der Waals surface area contributed by atoms with Crippen LogP contribution in [0.1, 0.15) is 23.5 Å². The molecule has 1 aromatic carbocycles. The molecule has 2 atom stereocenters. The average molecular weight is 287 g/mol. The fourth-order valence-corrected chi connectivity index (χ4v) is 3.46. The van der Waals surface area contributed by atoms with E-state index in [9.17, 15) is 0 Å². The van der Waals surface area contributed by atoms with Crippen LogP contribution >= 0.6 is 11.3 Å². The van der Waals surface area contributed by atoms with Crippen molar-refractivity contribution < 1.29 is 0 Å². The second-order valence-electron chi connectivity index (χ2n) is 5.41. The number of nitrogens with one attached hydrogen (secondary N) is 1. The van der Waals surface area contributed by atoms with Gasteiger partial charge in [-0.15, -0.1) is 11.3 Å². The zero-order valence-corrected chi connectivity index (χ0v) is 12.6. The maximum absolute atomic E-state index is 4.39. The van der Waals surface area contributed by atoms with Gasteiger partial charge in [-0.1, -0.05) is 30.3 Å². The van der Waals surface area contributed by atoms with E-state index in [4.69, 9.17) is 0 Å². The second-order valence-corrected chi connectivity index (χ2v) is 6.39. The molecule has 0 aliphatic carbocycles. The predicted molar refractivity (Wildman–Crippen MR) is 84.0 cm³/mol. The van der Waals surface area contributed by atoms with Gasteiger partial charge in [0.25, 0.3) is 0 Å². The summed E-state index contributed by atoms with van der Waals surface area (Å²) in [4.78, 5) is 6.99. The molecule has 1 aliphatic heterocycles. The van der Waals surface area contributed by atoms with E-state index in [0.29, 0.717) is 12.1 Å². The van der Waals surface area contributed by atoms with Crippen LogP contribution in [0, 0.1) is 0 Å². The molecule has 0 amide bonds. The van der Waals surface area contributed by atoms with Crippen molar-refractivity contribution >= 4 is 11.3 Å². The molecule has 0 bridgehead atoms. The molecule has 3 rings (SSSR count). The maximum atomic E-state index is 4.39. The first-order valence-electron chi connectivity index (χ1n) is 7.23. The van der Waals surface area contributed by atoms with Gasteiger partial charge in [-0.05, 0) is 12.5 Å². The Hall–Kier alpha value is -1.23. The zero-order chi connectivity index (χ0) is 13.8. The van der Waals surface area contributed by atoms with Crippen molar-refractivity contribution in [2.45, 2.75) is 25.4 Å². The molecule has 0 radical (unpaired) electrons. The summed E-state index contributed by atoms with van der Waals surface area (Å²) in [6.45, 7) is 5.48. The lowest BCUT2D eigenvalue weighted by Gasteiger charge is -2.39. The van der Waals surface area contributed by atoms with Crippen molar-refractivity contribution in [1.82, 2.24) is 15.2 Å². The SMILES string of the molecule is CC1CN(CCc2nccs2)C(c2ccccc2)CN1. The number of hydrogen-bond acceptors (Lipinski definition) is 4. The average Bonchev–Trinajstić information content (AvgIpc) is 2.99. The largest absolute Gasteiger partial charge is 0.311 e. The Bertz CT molecular complexity index is 512. The van der Waals surface area contributed by atoms with Gasteiger partial charge < -0.3 is 5.32 Å². The monoisotopic (exact) mass is 287 g/mol. The zero-order valence-electron chi connectivity index (χ0n) is 11.8. The van der Waals surface area contributed by atoms with Crippen LogP contribution in [0.5, 0.6) is 0 Å². The molecular weight excluding hydrogens is 266 g/mol. The number of rotatable bonds is 4. The van der Waals surface area contributed by atoms with E-state index >= 15 is 0 Å². The fourth-order valence-electron chi connectivity index (χ4n) is 2.85. The summed E-state index contributed by atoms with van der Waals surface area (Å²) in [5.41, 5.74) is 1.41. The van der Waals surface area contributed by atoms with Crippen molar-refractivity contribution in [2.24, 2.45) is 0 Å². The van der Waals surface area contributed by atoms with Crippen LogP contribution in [0.2, 0.25) is 0 Å². The molecular formula is C16H21N3S. The lowest BCUT2D eigenvalue weighted by molar-refractivity contribution is 0.137. The van der Waals surface area contributed by atoms with E-state index in [-0.39, 0.29) is 0 Å². The predicted octanol–water partition coefficient (Wildman–Crippen LogP) is 2.72. The highest BCUT2D eigenvalue weighted by atomic mass is 32.1. The van der Waals surface area contributed by atoms with Gasteiger partial charge in [0.15, 0.2) is 0 Å². The maximum Gasteiger partial charge on any atom is 0.0937 e. The smallest absolute Gasteiger partial charge is 0.0937 e. The molecule has 1 saturated heterocycles. The quantitative estimate of drug-likeness (QED) is 0.937. The summed E-state index contributed by atoms with van der Waals surface area (Å²) < 4.78 is 0. The highest BCUT2D eigenvalue weighted by Crippen LogP contribution is 2.23. The van der Waals surface area contributed by atoms with Gasteiger partial charge >= 0.3 is 0 Å². The minimum atomic E-state index is 0.479. The molecule has 2 aromatic rings. The summed E-state index contributed by atoms with van der Waals surface area (Å²) in [7, 11) is 0. The highest BCUT2D eigenvalue weighted by Gasteiger charge is 2.26. The fraction of sp³-hybridized carbons (Fsp3) is 0.438. The Morgan fingerprint density at radius 3 is 2.95 bits per heavy atom. The van der Waals surface area contributed by atoms with E-state index in [1.54, 1.807) is 11.3 Å². The minimum absolute atomic E-state index is 0.479. The van der Waals surface area contributed by atoms with Gasteiger partial charge in [0, 0.05) is 49.7 Å². The van der Waals surface area contributed by atoms with Gasteiger partial charge in [0.05, 0.1) is 5.01 Å². The highest BCUT2D eigenvalue weighted by molar-refractivity contribution is 7.09. The lowest BCUT2D eigenvalue weighted by atomic mass is 10.0. The molecule has 3 nitrogen and oxygen atoms in total. The molecule has 0 saturated carbocycles. The van der Waals surface area contributed by atoms with Crippen LogP contribution in [-0.4, -0.2) is 35.6 Å². The van der Waals surface area contributed by atoms with Crippen LogP contribution in [0.3, 0.4) is 0 Å². The molecule has 1 aromatic heterocycles. The number of thiazole rings is 1. The molecule has 2 heterocycles. The summed E-state index contributed by atoms with van der Waals surface area (Å²) >= 11 is 1.76. The van der Waals surface area contributed by atoms with Crippen LogP contribution in [0.4, 0.5) is 0 Å². The molecule has 1 N–H and O–H groups in total. The standard InChI is InChI=1S/C16H21N3S/c1-13-12-19(9-7-16-17-8-10-20-16)15(11-18-13)14-5-3-2-4-6-14/h2-6,8,10,13,15,18H,7,9,11-12H2,1H3. The van der Waals surface area contributed by atoms with E-state index in [1.165, 1.54) is 10.6 Å². The third-order valence-corrected chi connectivity index (χ3v) is 4.73. The first-order chi connectivity index (χ1) is 9.83. The topological polar surface area (TPSA) is 28.2 Å². The van der Waals surface area contributed by atoms with Gasteiger partial charge in [0.2, 0.25) is 0 Å². The summed E-state index contributed by atoms with van der Waals surface area (Å²) in [6, 6.07) is 11.9. The summed E-state index contributed by atoms with van der Waals surface area (Å²) in [6.07, 6.45) is 2.95. The molecule has 1 aliphatic rings. The van der Waals surface area contributed by atoms with E-state index in [0.717, 1.165) is 26.1 Å². The Kier molecular flexibility index (Phi) is 4.45. The van der Waals surface area contributed by atoms with E-state index in [2.05, 4.69) is 57.8 Å². The Balaban J connectivity index is 1.70. The van der Waals surface area contributed by atoms with Crippen LogP contribution < -0.4 is 5.32 Å². The van der Waals surface area contributed by atoms with Crippen molar-refractivity contribution in [1.29, 1.82) is 0 Å². The van der Waals surface area contributed by atoms with E-state index < -0.39 is 0 Å². The minimum Gasteiger partial charge on any atom is -0.311 e. The second kappa shape index (κ2) is 6.48. The summed E-state index contributed by atoms with van der Waals surface area (Å²) in [5, 5.41) is 6.90. The first-order valence-corrected chi connectivity index (χ1v) is 8.11. The molecule has 106 valence electrons. The number of piperazine rings is 1. The lowest BCUT2D eigenvalue weighted by Crippen LogP contribution is -2.51. The Morgan fingerprint density at radius 2 is 2.20 bits per heavy atom. The van der Waals surface area contributed by atoms with Crippen LogP contribution in [0.25, 0.3) is 0 Å². The number of nitrogens with zero attached hydrogens (tertiary/aromatic N) is 2. The van der Waals surface area contributed by atoms with Gasteiger partial charge in [-0.25, -0.2) is 4.98 Å². The first kappa shape index (κ1) is 13.7. The normalized spacial score (nSPS) is 23.9. The Morgan fingerprint density at radius 1 is 1.35 bits per heavy atom. The number of aromatic nitrogens is 1. The number of hydrogen-bond donors (Lipinski definition) is 1. The van der Waals surface area contributed by atoms with Gasteiger partial charge in [-0.2, -0.15) is 0 Å². The number of benzene rings is 1. The van der Waals surface area contributed by atoms with E-state index in [1.807, 2.05) is 6.20 Å². The van der Waals surface area contributed by atoms with Crippen molar-refractivity contribution in [3.63, 3.8) is 0 Å². The molecule has 20 heavy (non-hydrogen) atoms. The summed E-state index contributed by atoms with van der Waals surface area (Å²) in [5.74, 6) is 0. The Labute approximate surface area is 124 Å². The molecule has 4 heteroatoms. The third-order valence-electron chi connectivity index (χ3n) is 3.89.